The summed E-state index contributed by atoms with van der Waals surface area (Å²) in [5, 5.41) is 6.85. The normalized spacial score (nSPS) is 20.9. The fraction of sp³-hybridized carbons (Fsp3) is 0.900. The molecule has 2 fully saturated rings. The fourth-order valence-electron chi connectivity index (χ4n) is 3.80. The number of rotatable bonds is 6. The standard InChI is InChI=1S/C20H38N4O2/c1-16(2)19(25)24-13-10-17(11-14-24)23-20(21-3)22-12-15-26-18-8-6-4-5-7-9-18/h16-18H,4-15H2,1-3H3,(H2,21,22,23). The third-order valence-corrected chi connectivity index (χ3v) is 5.42. The van der Waals surface area contributed by atoms with Crippen LogP contribution in [0.1, 0.15) is 65.2 Å². The first-order chi connectivity index (χ1) is 12.6. The lowest BCUT2D eigenvalue weighted by Crippen LogP contribution is -2.50. The Bertz CT molecular complexity index is 437. The van der Waals surface area contributed by atoms with Crippen molar-refractivity contribution in [1.29, 1.82) is 0 Å². The fourth-order valence-corrected chi connectivity index (χ4v) is 3.80. The molecule has 1 amide bonds. The van der Waals surface area contributed by atoms with Crippen LogP contribution in [0.4, 0.5) is 0 Å². The largest absolute Gasteiger partial charge is 0.376 e. The molecule has 1 aliphatic carbocycles. The second-order valence-corrected chi connectivity index (χ2v) is 7.88. The Balaban J connectivity index is 1.61. The van der Waals surface area contributed by atoms with Crippen LogP contribution in [0.5, 0.6) is 0 Å². The number of nitrogens with one attached hydrogen (secondary N) is 2. The monoisotopic (exact) mass is 366 g/mol. The van der Waals surface area contributed by atoms with Gasteiger partial charge in [0, 0.05) is 38.6 Å². The molecule has 26 heavy (non-hydrogen) atoms. The quantitative estimate of drug-likeness (QED) is 0.328. The highest BCUT2D eigenvalue weighted by Gasteiger charge is 2.24. The number of nitrogens with zero attached hydrogens (tertiary/aromatic N) is 2. The maximum absolute atomic E-state index is 12.1. The first-order valence-corrected chi connectivity index (χ1v) is 10.5. The van der Waals surface area contributed by atoms with Crippen molar-refractivity contribution in [3.05, 3.63) is 0 Å². The molecule has 1 saturated carbocycles. The number of guanidine groups is 1. The van der Waals surface area contributed by atoms with Crippen LogP contribution in [-0.2, 0) is 9.53 Å². The van der Waals surface area contributed by atoms with Crippen molar-refractivity contribution in [1.82, 2.24) is 15.5 Å². The summed E-state index contributed by atoms with van der Waals surface area (Å²) in [6, 6.07) is 0.375. The molecular formula is C20H38N4O2. The van der Waals surface area contributed by atoms with Crippen molar-refractivity contribution in [3.8, 4) is 0 Å². The Kier molecular flexibility index (Phi) is 9.23. The molecule has 0 aromatic carbocycles. The van der Waals surface area contributed by atoms with Crippen LogP contribution in [0.15, 0.2) is 4.99 Å². The van der Waals surface area contributed by atoms with Gasteiger partial charge in [-0.15, -0.1) is 0 Å². The highest BCUT2D eigenvalue weighted by Crippen LogP contribution is 2.19. The highest BCUT2D eigenvalue weighted by atomic mass is 16.5. The van der Waals surface area contributed by atoms with Gasteiger partial charge < -0.3 is 20.3 Å². The van der Waals surface area contributed by atoms with Crippen molar-refractivity contribution in [2.45, 2.75) is 77.4 Å². The minimum Gasteiger partial charge on any atom is -0.376 e. The minimum absolute atomic E-state index is 0.0856. The molecule has 0 aromatic heterocycles. The molecule has 0 unspecified atom stereocenters. The van der Waals surface area contributed by atoms with Crippen LogP contribution < -0.4 is 10.6 Å². The van der Waals surface area contributed by atoms with Crippen LogP contribution in [0.25, 0.3) is 0 Å². The summed E-state index contributed by atoms with van der Waals surface area (Å²) in [6.07, 6.45) is 10.1. The van der Waals surface area contributed by atoms with E-state index in [4.69, 9.17) is 4.74 Å². The molecule has 0 atom stereocenters. The number of likely N-dealkylation sites (tertiary alicyclic amines) is 1. The summed E-state index contributed by atoms with van der Waals surface area (Å²) in [5.74, 6) is 1.19. The van der Waals surface area contributed by atoms with Crippen molar-refractivity contribution >= 4 is 11.9 Å². The number of aliphatic imine (C=N–C) groups is 1. The predicted molar refractivity (Wildman–Crippen MR) is 106 cm³/mol. The topological polar surface area (TPSA) is 66.0 Å². The molecule has 1 aliphatic heterocycles. The molecule has 2 rings (SSSR count). The predicted octanol–water partition coefficient (Wildman–Crippen LogP) is 2.54. The van der Waals surface area contributed by atoms with E-state index < -0.39 is 0 Å². The van der Waals surface area contributed by atoms with Crippen LogP contribution in [-0.4, -0.2) is 62.2 Å². The Morgan fingerprint density at radius 1 is 1.12 bits per heavy atom. The van der Waals surface area contributed by atoms with Crippen molar-refractivity contribution < 1.29 is 9.53 Å². The molecular weight excluding hydrogens is 328 g/mol. The average Bonchev–Trinajstić information content (AvgIpc) is 2.93. The lowest BCUT2D eigenvalue weighted by molar-refractivity contribution is -0.135. The number of piperidine rings is 1. The van der Waals surface area contributed by atoms with E-state index in [1.807, 2.05) is 18.7 Å². The molecule has 2 N–H and O–H groups in total. The van der Waals surface area contributed by atoms with E-state index in [1.165, 1.54) is 38.5 Å². The zero-order chi connectivity index (χ0) is 18.8. The smallest absolute Gasteiger partial charge is 0.225 e. The number of ether oxygens (including phenoxy) is 1. The lowest BCUT2D eigenvalue weighted by atomic mass is 10.0. The van der Waals surface area contributed by atoms with E-state index in [0.29, 0.717) is 12.1 Å². The Morgan fingerprint density at radius 2 is 1.77 bits per heavy atom. The van der Waals surface area contributed by atoms with Gasteiger partial charge in [-0.3, -0.25) is 9.79 Å². The summed E-state index contributed by atoms with van der Waals surface area (Å²) < 4.78 is 6.02. The van der Waals surface area contributed by atoms with Gasteiger partial charge >= 0.3 is 0 Å². The highest BCUT2D eigenvalue weighted by molar-refractivity contribution is 5.80. The molecule has 0 spiro atoms. The van der Waals surface area contributed by atoms with Gasteiger partial charge in [-0.2, -0.15) is 0 Å². The van der Waals surface area contributed by atoms with E-state index in [9.17, 15) is 4.79 Å². The van der Waals surface area contributed by atoms with Gasteiger partial charge in [-0.1, -0.05) is 39.5 Å². The maximum Gasteiger partial charge on any atom is 0.225 e. The summed E-state index contributed by atoms with van der Waals surface area (Å²) in [6.45, 7) is 7.10. The minimum atomic E-state index is 0.0856. The van der Waals surface area contributed by atoms with Gasteiger partial charge in [0.05, 0.1) is 12.7 Å². The van der Waals surface area contributed by atoms with Gasteiger partial charge in [0.2, 0.25) is 5.91 Å². The SMILES string of the molecule is CN=C(NCCOC1CCCCCC1)NC1CCN(C(=O)C(C)C)CC1. The number of carbonyl (C=O) groups excluding carboxylic acids is 1. The first kappa shape index (κ1) is 21.0. The molecule has 0 bridgehead atoms. The number of hydrogen-bond acceptors (Lipinski definition) is 3. The van der Waals surface area contributed by atoms with Crippen LogP contribution in [0, 0.1) is 5.92 Å². The molecule has 1 saturated heterocycles. The van der Waals surface area contributed by atoms with Crippen molar-refractivity contribution in [3.63, 3.8) is 0 Å². The van der Waals surface area contributed by atoms with E-state index in [-0.39, 0.29) is 11.8 Å². The lowest BCUT2D eigenvalue weighted by Gasteiger charge is -2.34. The van der Waals surface area contributed by atoms with Crippen LogP contribution >= 0.6 is 0 Å². The van der Waals surface area contributed by atoms with E-state index in [2.05, 4.69) is 15.6 Å². The molecule has 6 heteroatoms. The van der Waals surface area contributed by atoms with Gasteiger partial charge in [-0.25, -0.2) is 0 Å². The second-order valence-electron chi connectivity index (χ2n) is 7.88. The zero-order valence-corrected chi connectivity index (χ0v) is 16.9. The average molecular weight is 367 g/mol. The number of amides is 1. The zero-order valence-electron chi connectivity index (χ0n) is 16.9. The summed E-state index contributed by atoms with van der Waals surface area (Å²) in [7, 11) is 1.80. The Labute approximate surface area is 159 Å². The molecule has 1 heterocycles. The summed E-state index contributed by atoms with van der Waals surface area (Å²) >= 11 is 0. The third kappa shape index (κ3) is 7.14. The van der Waals surface area contributed by atoms with Crippen molar-refractivity contribution in [2.24, 2.45) is 10.9 Å². The van der Waals surface area contributed by atoms with Gasteiger partial charge in [-0.05, 0) is 25.7 Å². The molecule has 6 nitrogen and oxygen atoms in total. The first-order valence-electron chi connectivity index (χ1n) is 10.5. The van der Waals surface area contributed by atoms with Crippen molar-refractivity contribution in [2.75, 3.05) is 33.3 Å². The second kappa shape index (κ2) is 11.4. The molecule has 2 aliphatic rings. The third-order valence-electron chi connectivity index (χ3n) is 5.42. The molecule has 150 valence electrons. The van der Waals surface area contributed by atoms with Crippen LogP contribution in [0.3, 0.4) is 0 Å². The summed E-state index contributed by atoms with van der Waals surface area (Å²) in [4.78, 5) is 18.4. The van der Waals surface area contributed by atoms with E-state index in [1.54, 1.807) is 7.05 Å². The summed E-state index contributed by atoms with van der Waals surface area (Å²) in [5.41, 5.74) is 0. The number of carbonyl (C=O) groups is 1. The van der Waals surface area contributed by atoms with Gasteiger partial charge in [0.15, 0.2) is 5.96 Å². The molecule has 0 aromatic rings. The van der Waals surface area contributed by atoms with Crippen LogP contribution in [0.2, 0.25) is 0 Å². The molecule has 0 radical (unpaired) electrons. The van der Waals surface area contributed by atoms with E-state index >= 15 is 0 Å². The van der Waals surface area contributed by atoms with Gasteiger partial charge in [0.25, 0.3) is 0 Å². The van der Waals surface area contributed by atoms with Gasteiger partial charge in [0.1, 0.15) is 0 Å². The number of hydrogen-bond donors (Lipinski definition) is 2. The Hall–Kier alpha value is -1.30. The Morgan fingerprint density at radius 3 is 2.35 bits per heavy atom. The maximum atomic E-state index is 12.1. The van der Waals surface area contributed by atoms with E-state index in [0.717, 1.165) is 45.0 Å².